The lowest BCUT2D eigenvalue weighted by atomic mass is 10.1. The third kappa shape index (κ3) is 2.85. The molecule has 2 aromatic heterocycles. The van der Waals surface area contributed by atoms with Crippen LogP contribution in [-0.4, -0.2) is 29.2 Å². The van der Waals surface area contributed by atoms with Crippen LogP contribution >= 0.6 is 15.9 Å². The van der Waals surface area contributed by atoms with Crippen molar-refractivity contribution in [3.63, 3.8) is 0 Å². The Hall–Kier alpha value is -2.08. The summed E-state index contributed by atoms with van der Waals surface area (Å²) in [4.78, 5) is 12.1. The van der Waals surface area contributed by atoms with Gasteiger partial charge in [-0.05, 0) is 39.7 Å². The molecule has 3 aromatic rings. The second kappa shape index (κ2) is 5.73. The summed E-state index contributed by atoms with van der Waals surface area (Å²) >= 11 is 3.40. The highest BCUT2D eigenvalue weighted by molar-refractivity contribution is 9.10. The van der Waals surface area contributed by atoms with E-state index in [4.69, 9.17) is 9.47 Å². The van der Waals surface area contributed by atoms with Crippen LogP contribution in [0.3, 0.4) is 0 Å². The minimum absolute atomic E-state index is 0.675. The van der Waals surface area contributed by atoms with Gasteiger partial charge in [-0.1, -0.05) is 6.07 Å². The number of ether oxygens (including phenoxy) is 2. The number of hydrogen-bond donors (Lipinski definition) is 1. The van der Waals surface area contributed by atoms with E-state index in [1.54, 1.807) is 20.4 Å². The van der Waals surface area contributed by atoms with Gasteiger partial charge in [-0.25, -0.2) is 9.97 Å². The summed E-state index contributed by atoms with van der Waals surface area (Å²) < 4.78 is 11.5. The zero-order valence-corrected chi connectivity index (χ0v) is 13.3. The Bertz CT molecular complexity index is 786. The number of pyridine rings is 1. The normalized spacial score (nSPS) is 10.8. The second-order valence-corrected chi connectivity index (χ2v) is 5.49. The number of imidazole rings is 1. The Morgan fingerprint density at radius 2 is 1.95 bits per heavy atom. The van der Waals surface area contributed by atoms with Gasteiger partial charge in [0.15, 0.2) is 17.1 Å². The quantitative estimate of drug-likeness (QED) is 0.786. The Morgan fingerprint density at radius 1 is 1.14 bits per heavy atom. The zero-order chi connectivity index (χ0) is 14.8. The average molecular weight is 348 g/mol. The first-order valence-electron chi connectivity index (χ1n) is 6.40. The summed E-state index contributed by atoms with van der Waals surface area (Å²) in [6, 6.07) is 7.79. The molecule has 2 heterocycles. The first-order chi connectivity index (χ1) is 10.2. The van der Waals surface area contributed by atoms with Crippen molar-refractivity contribution in [2.75, 3.05) is 14.2 Å². The van der Waals surface area contributed by atoms with Crippen molar-refractivity contribution in [1.29, 1.82) is 0 Å². The number of nitrogens with zero attached hydrogens (tertiary/aromatic N) is 2. The van der Waals surface area contributed by atoms with Crippen molar-refractivity contribution >= 4 is 27.1 Å². The molecule has 0 fully saturated rings. The van der Waals surface area contributed by atoms with Crippen LogP contribution in [0.25, 0.3) is 11.2 Å². The maximum absolute atomic E-state index is 5.32. The Morgan fingerprint density at radius 3 is 2.71 bits per heavy atom. The fraction of sp³-hybridized carbons (Fsp3) is 0.200. The number of nitrogens with one attached hydrogen (secondary N) is 1. The van der Waals surface area contributed by atoms with Gasteiger partial charge < -0.3 is 14.5 Å². The standard InChI is InChI=1S/C15H14BrN3O2/c1-20-12-4-3-9(5-13(12)21-2)6-14-18-11-7-10(16)8-17-15(11)19-14/h3-5,7-8H,6H2,1-2H3,(H,17,18,19). The number of hydrogen-bond acceptors (Lipinski definition) is 4. The van der Waals surface area contributed by atoms with E-state index >= 15 is 0 Å². The minimum Gasteiger partial charge on any atom is -0.493 e. The highest BCUT2D eigenvalue weighted by atomic mass is 79.9. The molecule has 108 valence electrons. The van der Waals surface area contributed by atoms with Crippen LogP contribution in [-0.2, 0) is 6.42 Å². The van der Waals surface area contributed by atoms with Crippen LogP contribution in [0.5, 0.6) is 11.5 Å². The van der Waals surface area contributed by atoms with Gasteiger partial charge in [-0.2, -0.15) is 0 Å². The van der Waals surface area contributed by atoms with Crippen molar-refractivity contribution in [3.05, 3.63) is 46.3 Å². The van der Waals surface area contributed by atoms with E-state index in [9.17, 15) is 0 Å². The van der Waals surface area contributed by atoms with Gasteiger partial charge >= 0.3 is 0 Å². The van der Waals surface area contributed by atoms with E-state index in [0.717, 1.165) is 32.8 Å². The summed E-state index contributed by atoms with van der Waals surface area (Å²) in [7, 11) is 3.25. The molecule has 0 unspecified atom stereocenters. The summed E-state index contributed by atoms with van der Waals surface area (Å²) in [5, 5.41) is 0. The molecule has 1 aromatic carbocycles. The van der Waals surface area contributed by atoms with Crippen LogP contribution in [0.2, 0.25) is 0 Å². The fourth-order valence-electron chi connectivity index (χ4n) is 2.19. The molecule has 0 bridgehead atoms. The van der Waals surface area contributed by atoms with Gasteiger partial charge in [0.05, 0.1) is 14.2 Å². The van der Waals surface area contributed by atoms with Crippen LogP contribution in [0.1, 0.15) is 11.4 Å². The van der Waals surface area contributed by atoms with Gasteiger partial charge in [0.25, 0.3) is 0 Å². The third-order valence-corrected chi connectivity index (χ3v) is 3.61. The Labute approximate surface area is 130 Å². The van der Waals surface area contributed by atoms with E-state index in [1.807, 2.05) is 24.3 Å². The summed E-state index contributed by atoms with van der Waals surface area (Å²) in [5.74, 6) is 2.30. The van der Waals surface area contributed by atoms with Gasteiger partial charge in [0.1, 0.15) is 11.3 Å². The molecule has 0 aliphatic carbocycles. The van der Waals surface area contributed by atoms with Gasteiger partial charge in [-0.15, -0.1) is 0 Å². The lowest BCUT2D eigenvalue weighted by Crippen LogP contribution is -1.95. The number of H-pyrrole nitrogens is 1. The Kier molecular flexibility index (Phi) is 3.79. The van der Waals surface area contributed by atoms with Crippen molar-refractivity contribution in [3.8, 4) is 11.5 Å². The maximum atomic E-state index is 5.32. The van der Waals surface area contributed by atoms with E-state index in [2.05, 4.69) is 30.9 Å². The average Bonchev–Trinajstić information content (AvgIpc) is 2.88. The van der Waals surface area contributed by atoms with Crippen molar-refractivity contribution in [1.82, 2.24) is 15.0 Å². The molecule has 21 heavy (non-hydrogen) atoms. The predicted octanol–water partition coefficient (Wildman–Crippen LogP) is 3.33. The molecule has 3 rings (SSSR count). The smallest absolute Gasteiger partial charge is 0.161 e. The summed E-state index contributed by atoms with van der Waals surface area (Å²) in [6.45, 7) is 0. The molecule has 1 N–H and O–H groups in total. The van der Waals surface area contributed by atoms with Gasteiger partial charge in [0.2, 0.25) is 0 Å². The zero-order valence-electron chi connectivity index (χ0n) is 11.7. The number of halogens is 1. The topological polar surface area (TPSA) is 60.0 Å². The van der Waals surface area contributed by atoms with Crippen molar-refractivity contribution in [2.24, 2.45) is 0 Å². The highest BCUT2D eigenvalue weighted by Crippen LogP contribution is 2.28. The van der Waals surface area contributed by atoms with Crippen molar-refractivity contribution in [2.45, 2.75) is 6.42 Å². The number of aromatic nitrogens is 3. The number of aromatic amines is 1. The van der Waals surface area contributed by atoms with Crippen LogP contribution < -0.4 is 9.47 Å². The maximum Gasteiger partial charge on any atom is 0.161 e. The molecule has 0 aliphatic heterocycles. The van der Waals surface area contributed by atoms with E-state index < -0.39 is 0 Å². The molecule has 0 aliphatic rings. The van der Waals surface area contributed by atoms with Crippen LogP contribution in [0, 0.1) is 0 Å². The van der Waals surface area contributed by atoms with Gasteiger partial charge in [-0.3, -0.25) is 0 Å². The first kappa shape index (κ1) is 13.9. The molecule has 0 saturated heterocycles. The molecule has 0 radical (unpaired) electrons. The molecule has 0 amide bonds. The van der Waals surface area contributed by atoms with Crippen LogP contribution in [0.15, 0.2) is 34.9 Å². The number of benzene rings is 1. The third-order valence-electron chi connectivity index (χ3n) is 3.17. The molecule has 5 nitrogen and oxygen atoms in total. The largest absolute Gasteiger partial charge is 0.493 e. The summed E-state index contributed by atoms with van der Waals surface area (Å²) in [5.41, 5.74) is 2.72. The number of fused-ring (bicyclic) bond motifs is 1. The van der Waals surface area contributed by atoms with E-state index in [1.165, 1.54) is 0 Å². The molecule has 0 atom stereocenters. The molecule has 6 heteroatoms. The number of methoxy groups -OCH3 is 2. The monoisotopic (exact) mass is 347 g/mol. The highest BCUT2D eigenvalue weighted by Gasteiger charge is 2.08. The van der Waals surface area contributed by atoms with Crippen LogP contribution in [0.4, 0.5) is 0 Å². The van der Waals surface area contributed by atoms with E-state index in [-0.39, 0.29) is 0 Å². The fourth-order valence-corrected chi connectivity index (χ4v) is 2.51. The first-order valence-corrected chi connectivity index (χ1v) is 7.20. The predicted molar refractivity (Wildman–Crippen MR) is 83.9 cm³/mol. The molecule has 0 saturated carbocycles. The lowest BCUT2D eigenvalue weighted by molar-refractivity contribution is 0.354. The second-order valence-electron chi connectivity index (χ2n) is 4.57. The molecular weight excluding hydrogens is 334 g/mol. The van der Waals surface area contributed by atoms with E-state index in [0.29, 0.717) is 12.2 Å². The molecule has 0 spiro atoms. The number of rotatable bonds is 4. The molecular formula is C15H14BrN3O2. The SMILES string of the molecule is COc1ccc(Cc2nc3cc(Br)cnc3[nH]2)cc1OC. The lowest BCUT2D eigenvalue weighted by Gasteiger charge is -2.08. The minimum atomic E-state index is 0.675. The summed E-state index contributed by atoms with van der Waals surface area (Å²) in [6.07, 6.45) is 2.43. The van der Waals surface area contributed by atoms with Gasteiger partial charge in [0, 0.05) is 17.1 Å². The Balaban J connectivity index is 1.91. The van der Waals surface area contributed by atoms with Crippen molar-refractivity contribution < 1.29 is 9.47 Å².